The van der Waals surface area contributed by atoms with E-state index in [1.807, 2.05) is 25.1 Å². The lowest BCUT2D eigenvalue weighted by molar-refractivity contribution is -0.152. The van der Waals surface area contributed by atoms with Gasteiger partial charge in [-0.3, -0.25) is 9.78 Å². The fourth-order valence-corrected chi connectivity index (χ4v) is 7.16. The fraction of sp³-hybridized carbons (Fsp3) is 0.467. The number of aliphatic hydroxyl groups is 2. The topological polar surface area (TPSA) is 163 Å². The van der Waals surface area contributed by atoms with Crippen LogP contribution < -0.4 is 16.6 Å². The molecule has 0 spiro atoms. The Kier molecular flexibility index (Phi) is 7.41. The third kappa shape index (κ3) is 4.97. The number of H-pyrrole nitrogens is 1. The van der Waals surface area contributed by atoms with Crippen molar-refractivity contribution in [3.63, 3.8) is 0 Å². The molecular formula is C30H37N5O5. The predicted molar refractivity (Wildman–Crippen MR) is 152 cm³/mol. The number of nitrogens with two attached hydrogens (primary N) is 1. The van der Waals surface area contributed by atoms with Gasteiger partial charge >= 0.3 is 5.97 Å². The van der Waals surface area contributed by atoms with Crippen LogP contribution in [0.25, 0.3) is 6.08 Å². The lowest BCUT2D eigenvalue weighted by Crippen LogP contribution is -2.58. The lowest BCUT2D eigenvalue weighted by Gasteiger charge is -2.60. The number of nitrogen functional groups attached to an aromatic ring is 1. The van der Waals surface area contributed by atoms with Gasteiger partial charge in [0.25, 0.3) is 5.56 Å². The number of esters is 1. The number of fused-ring (bicyclic) bond motifs is 1. The highest BCUT2D eigenvalue weighted by Gasteiger charge is 2.58. The zero-order valence-corrected chi connectivity index (χ0v) is 22.9. The van der Waals surface area contributed by atoms with Crippen LogP contribution in [0.2, 0.25) is 0 Å². The Morgan fingerprint density at radius 3 is 2.80 bits per heavy atom. The highest BCUT2D eigenvalue weighted by atomic mass is 16.5. The van der Waals surface area contributed by atoms with Crippen molar-refractivity contribution in [1.29, 1.82) is 0 Å². The van der Waals surface area contributed by atoms with E-state index >= 15 is 0 Å². The third-order valence-corrected chi connectivity index (χ3v) is 9.42. The van der Waals surface area contributed by atoms with Crippen LogP contribution in [0.1, 0.15) is 51.5 Å². The van der Waals surface area contributed by atoms with E-state index in [1.165, 1.54) is 12.3 Å². The molecule has 6 atom stereocenters. The molecule has 3 heterocycles. The van der Waals surface area contributed by atoms with Gasteiger partial charge in [0.15, 0.2) is 5.95 Å². The molecule has 2 aromatic rings. The molecular weight excluding hydrogens is 510 g/mol. The molecule has 10 heteroatoms. The summed E-state index contributed by atoms with van der Waals surface area (Å²) in [6, 6.07) is 5.05. The molecule has 2 saturated carbocycles. The van der Waals surface area contributed by atoms with Gasteiger partial charge in [0.1, 0.15) is 11.6 Å². The summed E-state index contributed by atoms with van der Waals surface area (Å²) in [5.74, 6) is 0.423. The summed E-state index contributed by atoms with van der Waals surface area (Å²) in [6.45, 7) is 8.57. The molecule has 2 aromatic heterocycles. The number of hydrogen-bond acceptors (Lipinski definition) is 9. The number of aromatic amines is 1. The molecule has 5 rings (SSSR count). The maximum atomic E-state index is 13.2. The highest BCUT2D eigenvalue weighted by Crippen LogP contribution is 2.62. The number of pyridine rings is 1. The van der Waals surface area contributed by atoms with E-state index in [0.717, 1.165) is 24.8 Å². The first kappa shape index (κ1) is 27.8. The first-order valence-electron chi connectivity index (χ1n) is 13.7. The van der Waals surface area contributed by atoms with Gasteiger partial charge in [-0.15, -0.1) is 0 Å². The summed E-state index contributed by atoms with van der Waals surface area (Å²) in [5.41, 5.74) is 5.99. The third-order valence-electron chi connectivity index (χ3n) is 9.42. The van der Waals surface area contributed by atoms with E-state index in [0.29, 0.717) is 24.2 Å². The molecule has 0 saturated heterocycles. The molecule has 3 unspecified atom stereocenters. The van der Waals surface area contributed by atoms with Crippen LogP contribution in [-0.2, 0) is 9.53 Å². The summed E-state index contributed by atoms with van der Waals surface area (Å²) in [7, 11) is 0. The van der Waals surface area contributed by atoms with Gasteiger partial charge in [0, 0.05) is 17.8 Å². The number of carbonyl (C=O) groups excluding carboxylic acids is 1. The van der Waals surface area contributed by atoms with Crippen LogP contribution >= 0.6 is 0 Å². The molecule has 0 bridgehead atoms. The van der Waals surface area contributed by atoms with Gasteiger partial charge in [-0.25, -0.2) is 14.8 Å². The molecule has 0 aromatic carbocycles. The van der Waals surface area contributed by atoms with Crippen LogP contribution in [0.15, 0.2) is 64.9 Å². The molecule has 6 N–H and O–H groups in total. The Morgan fingerprint density at radius 2 is 2.10 bits per heavy atom. The van der Waals surface area contributed by atoms with Gasteiger partial charge in [-0.1, -0.05) is 32.1 Å². The second-order valence-electron chi connectivity index (χ2n) is 11.8. The Morgan fingerprint density at radius 1 is 1.30 bits per heavy atom. The Hall–Kier alpha value is -3.76. The van der Waals surface area contributed by atoms with Crippen molar-refractivity contribution in [2.24, 2.45) is 22.7 Å². The van der Waals surface area contributed by atoms with Gasteiger partial charge in [-0.05, 0) is 73.6 Å². The molecule has 2 aliphatic carbocycles. The molecule has 0 radical (unpaired) electrons. The standard InChI is InChI=1S/C30H37N5O5/c1-17-7-8-23-29(2,10-9-24(37)30(23,3)16-36)21(17)14-22(34-25-6-4-5-11-32-25)20-13-19(40-27(20)39)12-18-15-33-28(31)35-26(18)38/h4-6,11-13,15,21-24,36-37H,1,7-10,14,16H2,2-3H3,(H,32,34)(H3,31,33,35,38)/t21?,22?,23?,24-,29-,30+/m1/s1. The van der Waals surface area contributed by atoms with Gasteiger partial charge in [0.2, 0.25) is 0 Å². The van der Waals surface area contributed by atoms with Crippen LogP contribution in [0.3, 0.4) is 0 Å². The Balaban J connectivity index is 1.51. The average Bonchev–Trinajstić information content (AvgIpc) is 3.30. The molecule has 10 nitrogen and oxygen atoms in total. The highest BCUT2D eigenvalue weighted by molar-refractivity contribution is 5.95. The summed E-state index contributed by atoms with van der Waals surface area (Å²) in [4.78, 5) is 36.3. The largest absolute Gasteiger partial charge is 0.423 e. The first-order valence-corrected chi connectivity index (χ1v) is 13.7. The van der Waals surface area contributed by atoms with Crippen molar-refractivity contribution in [1.82, 2.24) is 15.0 Å². The minimum atomic E-state index is -0.614. The Labute approximate surface area is 233 Å². The van der Waals surface area contributed by atoms with E-state index in [-0.39, 0.29) is 41.1 Å². The van der Waals surface area contributed by atoms with Crippen LogP contribution in [0.5, 0.6) is 0 Å². The quantitative estimate of drug-likeness (QED) is 0.259. The fourth-order valence-electron chi connectivity index (χ4n) is 7.16. The monoisotopic (exact) mass is 547 g/mol. The second-order valence-corrected chi connectivity index (χ2v) is 11.8. The zero-order valence-electron chi connectivity index (χ0n) is 22.9. The molecule has 0 amide bonds. The minimum absolute atomic E-state index is 0.00143. The van der Waals surface area contributed by atoms with Crippen molar-refractivity contribution in [2.45, 2.75) is 58.1 Å². The van der Waals surface area contributed by atoms with Crippen molar-refractivity contribution in [3.8, 4) is 0 Å². The van der Waals surface area contributed by atoms with Crippen LogP contribution in [0.4, 0.5) is 11.8 Å². The number of rotatable bonds is 7. The number of ether oxygens (including phenoxy) is 1. The predicted octanol–water partition coefficient (Wildman–Crippen LogP) is 3.18. The molecule has 1 aliphatic heterocycles. The maximum absolute atomic E-state index is 13.2. The maximum Gasteiger partial charge on any atom is 0.341 e. The number of cyclic esters (lactones) is 1. The number of hydrogen-bond donors (Lipinski definition) is 5. The van der Waals surface area contributed by atoms with Crippen molar-refractivity contribution in [3.05, 3.63) is 76.1 Å². The van der Waals surface area contributed by atoms with E-state index in [9.17, 15) is 19.8 Å². The van der Waals surface area contributed by atoms with E-state index in [4.69, 9.17) is 10.5 Å². The number of nitrogens with zero attached hydrogens (tertiary/aromatic N) is 2. The number of carbonyl (C=O) groups is 1. The van der Waals surface area contributed by atoms with E-state index < -0.39 is 29.1 Å². The first-order chi connectivity index (χ1) is 19.0. The molecule has 2 fully saturated rings. The van der Waals surface area contributed by atoms with Crippen molar-refractivity contribution < 1.29 is 19.7 Å². The summed E-state index contributed by atoms with van der Waals surface area (Å²) in [6.07, 6.45) is 9.09. The van der Waals surface area contributed by atoms with E-state index in [1.54, 1.807) is 12.3 Å². The van der Waals surface area contributed by atoms with Crippen molar-refractivity contribution in [2.75, 3.05) is 17.7 Å². The van der Waals surface area contributed by atoms with E-state index in [2.05, 4.69) is 33.8 Å². The van der Waals surface area contributed by atoms with Gasteiger partial charge < -0.3 is 26.0 Å². The van der Waals surface area contributed by atoms with Crippen molar-refractivity contribution >= 4 is 23.8 Å². The summed E-state index contributed by atoms with van der Waals surface area (Å²) < 4.78 is 5.56. The van der Waals surface area contributed by atoms with Crippen LogP contribution in [0, 0.1) is 22.7 Å². The average molecular weight is 548 g/mol. The van der Waals surface area contributed by atoms with Gasteiger partial charge in [0.05, 0.1) is 29.9 Å². The summed E-state index contributed by atoms with van der Waals surface area (Å²) >= 11 is 0. The Bertz CT molecular complexity index is 1420. The number of aliphatic hydroxyl groups excluding tert-OH is 2. The number of nitrogens with one attached hydrogen (secondary N) is 2. The minimum Gasteiger partial charge on any atom is -0.423 e. The van der Waals surface area contributed by atoms with Crippen LogP contribution in [-0.4, -0.2) is 49.9 Å². The molecule has 40 heavy (non-hydrogen) atoms. The zero-order chi connectivity index (χ0) is 28.7. The normalized spacial score (nSPS) is 31.9. The SMILES string of the molecule is C=C1CCC2[C@](C)(CC[C@@H](O)[C@@]2(C)CO)C1CC(Nc1ccccn1)C1=CC(=Cc2cnc(N)[nH]c2=O)OC1=O. The molecule has 212 valence electrons. The smallest absolute Gasteiger partial charge is 0.341 e. The number of anilines is 2. The molecule has 3 aliphatic rings. The number of allylic oxidation sites excluding steroid dienone is 2. The number of aromatic nitrogens is 3. The van der Waals surface area contributed by atoms with Gasteiger partial charge in [-0.2, -0.15) is 0 Å². The summed E-state index contributed by atoms with van der Waals surface area (Å²) in [5, 5.41) is 24.7. The lowest BCUT2D eigenvalue weighted by atomic mass is 9.46. The second kappa shape index (κ2) is 10.7.